The van der Waals surface area contributed by atoms with Crippen LogP contribution in [-0.2, 0) is 43.3 Å². The third-order valence-electron chi connectivity index (χ3n) is 19.6. The molecule has 2 aliphatic rings. The SMILES string of the molecule is CC(C)(C)c1cc2c(c(C(C)(C)C)c1)O[Si](c1ccccc1)(c1ccccc1)Oc1c(cc(C(C)(C)C)cc1C(C)(C)C)N2c1ccccc1.CC(C)(C)c1cc2c(c(C(C)(C)C)c1)O[Si](c1ccccc1)(c1ccccc1)Oc1c(cc(C(C)(C)C)cc1C(C)(C)C)N2c1ccccc1. The van der Waals surface area contributed by atoms with Crippen LogP contribution in [0.5, 0.6) is 23.0 Å². The Morgan fingerprint density at radius 1 is 0.210 bits per heavy atom. The molecule has 0 fully saturated rings. The van der Waals surface area contributed by atoms with Gasteiger partial charge in [-0.1, -0.05) is 348 Å². The van der Waals surface area contributed by atoms with E-state index in [0.29, 0.717) is 0 Å². The number of benzene rings is 10. The molecular formula is C92H110N2O4Si2. The van der Waals surface area contributed by atoms with E-state index in [0.717, 1.165) is 77.9 Å². The standard InChI is InChI=1S/2C46H55NO2Si/c2*1-43(2,3)32-28-37(45(7,8)9)41-39(30-32)47(34-22-16-13-17-23-34)40-31-33(44(4,5)6)29-38(46(10,11)12)42(40)49-50(48-41,35-24-18-14-19-25-35)36-26-20-15-21-27-36/h2*13-31H,1-12H3. The molecule has 6 nitrogen and oxygen atoms in total. The Morgan fingerprint density at radius 3 is 0.540 bits per heavy atom. The van der Waals surface area contributed by atoms with Crippen molar-refractivity contribution in [2.45, 2.75) is 209 Å². The van der Waals surface area contributed by atoms with Crippen LogP contribution in [0.25, 0.3) is 0 Å². The molecule has 10 aromatic carbocycles. The molecule has 0 unspecified atom stereocenters. The third-order valence-corrected chi connectivity index (χ3v) is 25.9. The quantitative estimate of drug-likeness (QED) is 0.155. The molecule has 8 heteroatoms. The van der Waals surface area contributed by atoms with Crippen molar-refractivity contribution in [3.8, 4) is 23.0 Å². The van der Waals surface area contributed by atoms with Gasteiger partial charge in [0.1, 0.15) is 23.0 Å². The van der Waals surface area contributed by atoms with Gasteiger partial charge in [-0.3, -0.25) is 0 Å². The van der Waals surface area contributed by atoms with Crippen molar-refractivity contribution in [3.63, 3.8) is 0 Å². The van der Waals surface area contributed by atoms with Crippen molar-refractivity contribution < 1.29 is 17.7 Å². The summed E-state index contributed by atoms with van der Waals surface area (Å²) in [5.74, 6) is 3.49. The number of anilines is 6. The number of rotatable bonds is 6. The zero-order valence-electron chi connectivity index (χ0n) is 64.5. The summed E-state index contributed by atoms with van der Waals surface area (Å²) >= 11 is 0. The lowest BCUT2D eigenvalue weighted by Gasteiger charge is -2.43. The molecular weight excluding hydrogens is 1250 g/mol. The summed E-state index contributed by atoms with van der Waals surface area (Å²) in [6.45, 7) is 55.2. The molecule has 0 saturated carbocycles. The van der Waals surface area contributed by atoms with Crippen LogP contribution in [0.15, 0.2) is 231 Å². The molecule has 520 valence electrons. The Labute approximate surface area is 603 Å². The van der Waals surface area contributed by atoms with Gasteiger partial charge in [-0.05, 0) is 114 Å². The fourth-order valence-electron chi connectivity index (χ4n) is 13.5. The van der Waals surface area contributed by atoms with Crippen molar-refractivity contribution in [2.24, 2.45) is 0 Å². The molecule has 0 radical (unpaired) electrons. The van der Waals surface area contributed by atoms with Gasteiger partial charge in [0.05, 0.1) is 22.7 Å². The minimum atomic E-state index is -3.52. The van der Waals surface area contributed by atoms with Gasteiger partial charge in [-0.2, -0.15) is 0 Å². The van der Waals surface area contributed by atoms with Gasteiger partial charge in [0, 0.05) is 54.4 Å². The molecule has 0 amide bonds. The van der Waals surface area contributed by atoms with Crippen molar-refractivity contribution >= 4 is 72.0 Å². The third kappa shape index (κ3) is 14.5. The lowest BCUT2D eigenvalue weighted by molar-refractivity contribution is 0.395. The summed E-state index contributed by atoms with van der Waals surface area (Å²) in [6.07, 6.45) is 0. The van der Waals surface area contributed by atoms with E-state index < -0.39 is 17.1 Å². The van der Waals surface area contributed by atoms with E-state index in [9.17, 15) is 0 Å². The van der Waals surface area contributed by atoms with Crippen LogP contribution < -0.4 is 48.3 Å². The predicted octanol–water partition coefficient (Wildman–Crippen LogP) is 22.7. The molecule has 2 heterocycles. The van der Waals surface area contributed by atoms with Gasteiger partial charge in [0.15, 0.2) is 0 Å². The van der Waals surface area contributed by atoms with E-state index in [1.165, 1.54) is 44.5 Å². The summed E-state index contributed by atoms with van der Waals surface area (Å²) in [5.41, 5.74) is 14.7. The van der Waals surface area contributed by atoms with Crippen LogP contribution >= 0.6 is 0 Å². The summed E-state index contributed by atoms with van der Waals surface area (Å²) in [5, 5.41) is 4.26. The highest BCUT2D eigenvalue weighted by Crippen LogP contribution is 2.57. The van der Waals surface area contributed by atoms with Gasteiger partial charge >= 0.3 is 17.1 Å². The lowest BCUT2D eigenvalue weighted by atomic mass is 9.78. The van der Waals surface area contributed by atoms with Crippen LogP contribution in [0.2, 0.25) is 0 Å². The molecule has 0 atom stereocenters. The minimum absolute atomic E-state index is 0.101. The van der Waals surface area contributed by atoms with E-state index in [4.69, 9.17) is 17.7 Å². The topological polar surface area (TPSA) is 43.4 Å². The molecule has 0 aromatic heterocycles. The second kappa shape index (κ2) is 26.4. The second-order valence-corrected chi connectivity index (χ2v) is 41.5. The number of hydrogen-bond donors (Lipinski definition) is 0. The van der Waals surface area contributed by atoms with E-state index in [-0.39, 0.29) is 43.3 Å². The second-order valence-electron chi connectivity index (χ2n) is 35.9. The number of fused-ring (bicyclic) bond motifs is 4. The van der Waals surface area contributed by atoms with Crippen molar-refractivity contribution in [1.29, 1.82) is 0 Å². The first-order chi connectivity index (χ1) is 46.6. The zero-order valence-corrected chi connectivity index (χ0v) is 66.5. The van der Waals surface area contributed by atoms with Crippen LogP contribution in [0, 0.1) is 0 Å². The molecule has 0 spiro atoms. The molecule has 0 N–H and O–H groups in total. The summed E-state index contributed by atoms with van der Waals surface area (Å²) in [6, 6.07) is 83.2. The average molecular weight is 1360 g/mol. The molecule has 0 aliphatic carbocycles. The maximum Gasteiger partial charge on any atom is 0.531 e. The van der Waals surface area contributed by atoms with Gasteiger partial charge in [-0.25, -0.2) is 0 Å². The van der Waals surface area contributed by atoms with Crippen molar-refractivity contribution in [3.05, 3.63) is 275 Å². The minimum Gasteiger partial charge on any atom is -0.503 e. The normalized spacial score (nSPS) is 14.8. The molecule has 0 saturated heterocycles. The van der Waals surface area contributed by atoms with Gasteiger partial charge < -0.3 is 27.5 Å². The first-order valence-electron chi connectivity index (χ1n) is 36.1. The van der Waals surface area contributed by atoms with Crippen LogP contribution in [0.1, 0.15) is 211 Å². The average Bonchev–Trinajstić information content (AvgIpc) is 0.720. The largest absolute Gasteiger partial charge is 0.531 e. The summed E-state index contributed by atoms with van der Waals surface area (Å²) < 4.78 is 31.5. The first kappa shape index (κ1) is 72.7. The highest BCUT2D eigenvalue weighted by Gasteiger charge is 2.54. The smallest absolute Gasteiger partial charge is 0.503 e. The van der Waals surface area contributed by atoms with Gasteiger partial charge in [0.2, 0.25) is 0 Å². The van der Waals surface area contributed by atoms with E-state index >= 15 is 0 Å². The van der Waals surface area contributed by atoms with Crippen LogP contribution in [0.4, 0.5) is 34.1 Å². The Morgan fingerprint density at radius 2 is 0.380 bits per heavy atom. The monoisotopic (exact) mass is 1360 g/mol. The molecule has 10 aromatic rings. The maximum absolute atomic E-state index is 7.87. The maximum atomic E-state index is 7.87. The lowest BCUT2D eigenvalue weighted by Crippen LogP contribution is -2.68. The Kier molecular flexibility index (Phi) is 19.2. The predicted molar refractivity (Wildman–Crippen MR) is 430 cm³/mol. The van der Waals surface area contributed by atoms with E-state index in [2.05, 4.69) is 406 Å². The van der Waals surface area contributed by atoms with Crippen molar-refractivity contribution in [2.75, 3.05) is 9.80 Å². The highest BCUT2D eigenvalue weighted by atomic mass is 28.4. The number of para-hydroxylation sites is 2. The zero-order chi connectivity index (χ0) is 72.6. The van der Waals surface area contributed by atoms with E-state index in [1.54, 1.807) is 0 Å². The van der Waals surface area contributed by atoms with Gasteiger partial charge in [0.25, 0.3) is 0 Å². The van der Waals surface area contributed by atoms with Gasteiger partial charge in [-0.15, -0.1) is 0 Å². The summed E-state index contributed by atoms with van der Waals surface area (Å²) in [4.78, 5) is 4.82. The highest BCUT2D eigenvalue weighted by molar-refractivity contribution is 6.94. The fraction of sp³-hybridized carbons (Fsp3) is 0.348. The Bertz CT molecular complexity index is 3990. The number of nitrogens with zero attached hydrogens (tertiary/aromatic N) is 2. The molecule has 0 bridgehead atoms. The number of hydrogen-bond acceptors (Lipinski definition) is 6. The Balaban J connectivity index is 0.000000202. The van der Waals surface area contributed by atoms with Crippen LogP contribution in [0.3, 0.4) is 0 Å². The van der Waals surface area contributed by atoms with Crippen LogP contribution in [-0.4, -0.2) is 17.1 Å². The molecule has 2 aliphatic heterocycles. The van der Waals surface area contributed by atoms with Crippen molar-refractivity contribution in [1.82, 2.24) is 0 Å². The molecule has 100 heavy (non-hydrogen) atoms. The first-order valence-corrected chi connectivity index (χ1v) is 39.7. The van der Waals surface area contributed by atoms with E-state index in [1.807, 2.05) is 0 Å². The molecule has 12 rings (SSSR count). The Hall–Kier alpha value is -8.57. The fourth-order valence-corrected chi connectivity index (χ4v) is 19.8. The summed E-state index contributed by atoms with van der Waals surface area (Å²) in [7, 11) is -7.05.